The van der Waals surface area contributed by atoms with Gasteiger partial charge in [0, 0.05) is 30.9 Å². The number of ether oxygens (including phenoxy) is 1. The standard InChI is InChI=1S/C27H35N3O4/c1-4-34-26(32)13-12-25(31)29-22-10-11-24(30-16-14-19(2)15-17-30)23(18-22)27(33)28-20(3)21-8-6-5-7-9-21/h5-11,18-20H,4,12-17H2,1-3H3,(H,28,33)(H,29,31). The Bertz CT molecular complexity index is 985. The van der Waals surface area contributed by atoms with Gasteiger partial charge in [-0.3, -0.25) is 14.4 Å². The quantitative estimate of drug-likeness (QED) is 0.525. The zero-order valence-electron chi connectivity index (χ0n) is 20.3. The van der Waals surface area contributed by atoms with Crippen molar-refractivity contribution in [3.8, 4) is 0 Å². The van der Waals surface area contributed by atoms with Crippen LogP contribution < -0.4 is 15.5 Å². The molecule has 2 aromatic rings. The van der Waals surface area contributed by atoms with Gasteiger partial charge in [-0.25, -0.2) is 0 Å². The lowest BCUT2D eigenvalue weighted by Crippen LogP contribution is -2.35. The highest BCUT2D eigenvalue weighted by atomic mass is 16.5. The van der Waals surface area contributed by atoms with Crippen molar-refractivity contribution < 1.29 is 19.1 Å². The summed E-state index contributed by atoms with van der Waals surface area (Å²) in [7, 11) is 0. The molecule has 0 aliphatic carbocycles. The number of rotatable bonds is 9. The third-order valence-electron chi connectivity index (χ3n) is 6.16. The minimum atomic E-state index is -0.401. The number of carbonyl (C=O) groups is 3. The Morgan fingerprint density at radius 2 is 1.76 bits per heavy atom. The van der Waals surface area contributed by atoms with Crippen LogP contribution in [0.2, 0.25) is 0 Å². The minimum Gasteiger partial charge on any atom is -0.466 e. The summed E-state index contributed by atoms with van der Waals surface area (Å²) in [6.07, 6.45) is 2.20. The number of esters is 1. The number of nitrogens with zero attached hydrogens (tertiary/aromatic N) is 1. The highest BCUT2D eigenvalue weighted by Gasteiger charge is 2.23. The van der Waals surface area contributed by atoms with Crippen LogP contribution in [-0.4, -0.2) is 37.5 Å². The van der Waals surface area contributed by atoms with Gasteiger partial charge in [-0.05, 0) is 56.4 Å². The Labute approximate surface area is 201 Å². The molecule has 2 aromatic carbocycles. The Morgan fingerprint density at radius 1 is 1.06 bits per heavy atom. The number of piperidine rings is 1. The van der Waals surface area contributed by atoms with Crippen LogP contribution in [0.5, 0.6) is 0 Å². The highest BCUT2D eigenvalue weighted by molar-refractivity contribution is 6.02. The molecule has 0 aromatic heterocycles. The average Bonchev–Trinajstić information content (AvgIpc) is 2.84. The summed E-state index contributed by atoms with van der Waals surface area (Å²) in [4.78, 5) is 39.5. The monoisotopic (exact) mass is 465 g/mol. The molecule has 7 heteroatoms. The fraction of sp³-hybridized carbons (Fsp3) is 0.444. The van der Waals surface area contributed by atoms with E-state index in [4.69, 9.17) is 4.74 Å². The Kier molecular flexibility index (Phi) is 9.08. The van der Waals surface area contributed by atoms with Gasteiger partial charge in [-0.15, -0.1) is 0 Å². The molecule has 0 bridgehead atoms. The molecule has 182 valence electrons. The van der Waals surface area contributed by atoms with Crippen LogP contribution in [0.1, 0.15) is 68.4 Å². The fourth-order valence-electron chi connectivity index (χ4n) is 4.09. The fourth-order valence-corrected chi connectivity index (χ4v) is 4.09. The van der Waals surface area contributed by atoms with Crippen molar-refractivity contribution in [2.75, 3.05) is 29.9 Å². The van der Waals surface area contributed by atoms with Crippen LogP contribution in [0.3, 0.4) is 0 Å². The van der Waals surface area contributed by atoms with Crippen LogP contribution in [0.15, 0.2) is 48.5 Å². The number of carbonyl (C=O) groups excluding carboxylic acids is 3. The van der Waals surface area contributed by atoms with Crippen molar-refractivity contribution in [1.82, 2.24) is 5.32 Å². The number of hydrogen-bond acceptors (Lipinski definition) is 5. The van der Waals surface area contributed by atoms with Crippen LogP contribution in [0, 0.1) is 5.92 Å². The maximum absolute atomic E-state index is 13.4. The van der Waals surface area contributed by atoms with E-state index in [2.05, 4.69) is 22.5 Å². The number of amides is 2. The first-order chi connectivity index (χ1) is 16.4. The largest absolute Gasteiger partial charge is 0.466 e. The van der Waals surface area contributed by atoms with E-state index in [1.165, 1.54) is 0 Å². The van der Waals surface area contributed by atoms with E-state index in [0.717, 1.165) is 37.2 Å². The predicted octanol–water partition coefficient (Wildman–Crippen LogP) is 4.70. The van der Waals surface area contributed by atoms with E-state index in [9.17, 15) is 14.4 Å². The second-order valence-corrected chi connectivity index (χ2v) is 8.86. The second-order valence-electron chi connectivity index (χ2n) is 8.86. The van der Waals surface area contributed by atoms with E-state index in [1.807, 2.05) is 49.4 Å². The number of anilines is 2. The summed E-state index contributed by atoms with van der Waals surface area (Å²) in [5.74, 6) is -0.212. The van der Waals surface area contributed by atoms with Crippen molar-refractivity contribution in [1.29, 1.82) is 0 Å². The first kappa shape index (κ1) is 25.3. The molecule has 3 rings (SSSR count). The number of benzene rings is 2. The van der Waals surface area contributed by atoms with Crippen molar-refractivity contribution in [3.05, 3.63) is 59.7 Å². The van der Waals surface area contributed by atoms with E-state index in [0.29, 0.717) is 17.2 Å². The molecule has 7 nitrogen and oxygen atoms in total. The number of nitrogens with one attached hydrogen (secondary N) is 2. The van der Waals surface area contributed by atoms with Gasteiger partial charge in [-0.1, -0.05) is 37.3 Å². The van der Waals surface area contributed by atoms with Crippen molar-refractivity contribution in [2.24, 2.45) is 5.92 Å². The van der Waals surface area contributed by atoms with E-state index >= 15 is 0 Å². The third kappa shape index (κ3) is 7.07. The molecular formula is C27H35N3O4. The smallest absolute Gasteiger partial charge is 0.306 e. The summed E-state index contributed by atoms with van der Waals surface area (Å²) >= 11 is 0. The van der Waals surface area contributed by atoms with Gasteiger partial charge in [0.2, 0.25) is 5.91 Å². The van der Waals surface area contributed by atoms with Gasteiger partial charge in [-0.2, -0.15) is 0 Å². The Morgan fingerprint density at radius 3 is 2.44 bits per heavy atom. The SMILES string of the molecule is CCOC(=O)CCC(=O)Nc1ccc(N2CCC(C)CC2)c(C(=O)NC(C)c2ccccc2)c1. The van der Waals surface area contributed by atoms with Crippen molar-refractivity contribution in [2.45, 2.75) is 52.5 Å². The topological polar surface area (TPSA) is 87.7 Å². The molecule has 1 heterocycles. The van der Waals surface area contributed by atoms with E-state index in [1.54, 1.807) is 13.0 Å². The summed E-state index contributed by atoms with van der Waals surface area (Å²) in [5.41, 5.74) is 2.95. The normalized spacial score (nSPS) is 14.9. The molecule has 0 spiro atoms. The van der Waals surface area contributed by atoms with E-state index in [-0.39, 0.29) is 37.3 Å². The van der Waals surface area contributed by atoms with Crippen molar-refractivity contribution >= 4 is 29.2 Å². The average molecular weight is 466 g/mol. The minimum absolute atomic E-state index is 0.0195. The van der Waals surface area contributed by atoms with Crippen LogP contribution in [0.4, 0.5) is 11.4 Å². The third-order valence-corrected chi connectivity index (χ3v) is 6.16. The molecule has 34 heavy (non-hydrogen) atoms. The number of hydrogen-bond donors (Lipinski definition) is 2. The molecule has 0 radical (unpaired) electrons. The zero-order chi connectivity index (χ0) is 24.5. The maximum atomic E-state index is 13.4. The lowest BCUT2D eigenvalue weighted by Gasteiger charge is -2.33. The lowest BCUT2D eigenvalue weighted by atomic mass is 9.97. The summed E-state index contributed by atoms with van der Waals surface area (Å²) in [6, 6.07) is 15.1. The molecule has 1 saturated heterocycles. The highest BCUT2D eigenvalue weighted by Crippen LogP contribution is 2.29. The van der Waals surface area contributed by atoms with Crippen LogP contribution in [0.25, 0.3) is 0 Å². The van der Waals surface area contributed by atoms with Gasteiger partial charge in [0.1, 0.15) is 0 Å². The predicted molar refractivity (Wildman–Crippen MR) is 134 cm³/mol. The second kappa shape index (κ2) is 12.2. The summed E-state index contributed by atoms with van der Waals surface area (Å²) < 4.78 is 4.88. The van der Waals surface area contributed by atoms with E-state index < -0.39 is 5.97 Å². The Balaban J connectivity index is 1.77. The van der Waals surface area contributed by atoms with Crippen LogP contribution >= 0.6 is 0 Å². The maximum Gasteiger partial charge on any atom is 0.306 e. The molecule has 1 fully saturated rings. The zero-order valence-corrected chi connectivity index (χ0v) is 20.3. The summed E-state index contributed by atoms with van der Waals surface area (Å²) in [5, 5.41) is 5.91. The molecule has 2 amide bonds. The molecule has 1 atom stereocenters. The molecule has 2 N–H and O–H groups in total. The van der Waals surface area contributed by atoms with Gasteiger partial charge >= 0.3 is 5.97 Å². The first-order valence-electron chi connectivity index (χ1n) is 12.1. The molecule has 1 unspecified atom stereocenters. The first-order valence-corrected chi connectivity index (χ1v) is 12.1. The molecule has 1 aliphatic heterocycles. The van der Waals surface area contributed by atoms with Gasteiger partial charge in [0.05, 0.1) is 24.6 Å². The lowest BCUT2D eigenvalue weighted by molar-refractivity contribution is -0.144. The molecule has 0 saturated carbocycles. The van der Waals surface area contributed by atoms with Crippen molar-refractivity contribution in [3.63, 3.8) is 0 Å². The van der Waals surface area contributed by atoms with Gasteiger partial charge in [0.25, 0.3) is 5.91 Å². The van der Waals surface area contributed by atoms with Crippen LogP contribution in [-0.2, 0) is 14.3 Å². The summed E-state index contributed by atoms with van der Waals surface area (Å²) in [6.45, 7) is 8.00. The Hall–Kier alpha value is -3.35. The molecule has 1 aliphatic rings. The van der Waals surface area contributed by atoms with Gasteiger partial charge < -0.3 is 20.3 Å². The van der Waals surface area contributed by atoms with Gasteiger partial charge in [0.15, 0.2) is 0 Å². The molecular weight excluding hydrogens is 430 g/mol.